The molecule has 5 atom stereocenters. The summed E-state index contributed by atoms with van der Waals surface area (Å²) in [6, 6.07) is 13.4. The monoisotopic (exact) mass is 509 g/mol. The molecule has 2 aliphatic heterocycles. The number of aliphatic imine (C=N–C) groups is 1. The third-order valence-electron chi connectivity index (χ3n) is 10.0. The Bertz CT molecular complexity index is 1520. The number of phenols is 1. The van der Waals surface area contributed by atoms with Gasteiger partial charge in [0.1, 0.15) is 11.8 Å². The van der Waals surface area contributed by atoms with E-state index in [0.717, 1.165) is 48.2 Å². The molecule has 1 aromatic heterocycles. The van der Waals surface area contributed by atoms with Crippen LogP contribution in [0.1, 0.15) is 53.7 Å². The summed E-state index contributed by atoms with van der Waals surface area (Å²) in [7, 11) is 0. The van der Waals surface area contributed by atoms with E-state index >= 15 is 0 Å². The van der Waals surface area contributed by atoms with E-state index < -0.39 is 11.0 Å². The molecule has 1 amide bonds. The van der Waals surface area contributed by atoms with Crippen LogP contribution in [-0.4, -0.2) is 63.1 Å². The molecule has 2 bridgehead atoms. The fourth-order valence-corrected chi connectivity index (χ4v) is 8.10. The molecular formula is C31H31N3O4. The van der Waals surface area contributed by atoms with Crippen molar-refractivity contribution >= 4 is 22.9 Å². The number of carbonyl (C=O) groups is 1. The summed E-state index contributed by atoms with van der Waals surface area (Å²) in [6.07, 6.45) is 8.44. The highest BCUT2D eigenvalue weighted by molar-refractivity contribution is 6.00. The largest absolute Gasteiger partial charge is 0.504 e. The molecule has 38 heavy (non-hydrogen) atoms. The van der Waals surface area contributed by atoms with Gasteiger partial charge >= 0.3 is 0 Å². The predicted molar refractivity (Wildman–Crippen MR) is 143 cm³/mol. The minimum Gasteiger partial charge on any atom is -0.504 e. The molecule has 3 aliphatic carbocycles. The first-order chi connectivity index (χ1) is 18.5. The van der Waals surface area contributed by atoms with Crippen LogP contribution in [0.4, 0.5) is 0 Å². The molecule has 3 heterocycles. The van der Waals surface area contributed by atoms with Crippen LogP contribution in [0.3, 0.4) is 0 Å². The Labute approximate surface area is 221 Å². The highest BCUT2D eigenvalue weighted by atomic mass is 16.5. The molecule has 2 unspecified atom stereocenters. The third-order valence-corrected chi connectivity index (χ3v) is 10.0. The Kier molecular flexibility index (Phi) is 4.69. The van der Waals surface area contributed by atoms with Crippen molar-refractivity contribution in [1.82, 2.24) is 9.88 Å². The first kappa shape index (κ1) is 22.7. The van der Waals surface area contributed by atoms with Gasteiger partial charge in [-0.1, -0.05) is 30.3 Å². The van der Waals surface area contributed by atoms with Crippen LogP contribution in [0.2, 0.25) is 0 Å². The summed E-state index contributed by atoms with van der Waals surface area (Å²) in [5, 5.41) is 25.3. The number of aromatic nitrogens is 1. The van der Waals surface area contributed by atoms with E-state index in [1.54, 1.807) is 24.5 Å². The molecule has 194 valence electrons. The molecule has 2 aromatic carbocycles. The third kappa shape index (κ3) is 3.00. The van der Waals surface area contributed by atoms with Crippen LogP contribution < -0.4 is 4.74 Å². The highest BCUT2D eigenvalue weighted by Crippen LogP contribution is 2.66. The number of rotatable bonds is 4. The van der Waals surface area contributed by atoms with Gasteiger partial charge in [0.05, 0.1) is 11.0 Å². The normalized spacial score (nSPS) is 33.3. The lowest BCUT2D eigenvalue weighted by Gasteiger charge is -2.64. The van der Waals surface area contributed by atoms with Crippen LogP contribution in [0, 0.1) is 11.8 Å². The molecule has 1 saturated heterocycles. The maximum absolute atomic E-state index is 13.1. The van der Waals surface area contributed by atoms with Crippen molar-refractivity contribution < 1.29 is 19.7 Å². The van der Waals surface area contributed by atoms with Crippen molar-refractivity contribution in [2.24, 2.45) is 16.8 Å². The van der Waals surface area contributed by atoms with Gasteiger partial charge in [-0.25, -0.2) is 4.99 Å². The fraction of sp³-hybridized carbons (Fsp3) is 0.452. The second-order valence-corrected chi connectivity index (χ2v) is 12.0. The number of fused-ring (bicyclic) bond motifs is 1. The summed E-state index contributed by atoms with van der Waals surface area (Å²) in [5.41, 5.74) is 0.925. The summed E-state index contributed by atoms with van der Waals surface area (Å²) < 4.78 is 6.56. The Morgan fingerprint density at radius 2 is 2.00 bits per heavy atom. The van der Waals surface area contributed by atoms with Crippen molar-refractivity contribution in [1.29, 1.82) is 0 Å². The molecule has 5 aliphatic rings. The van der Waals surface area contributed by atoms with E-state index in [1.807, 2.05) is 30.3 Å². The SMILES string of the molecule is O=C(N=CC1CC[C@@]2(O)C3Cc4ccc(O)c5c4[C@@]2(CCN3CC2CC2)[C@H]1O5)c1cc2ccccc2cn1. The van der Waals surface area contributed by atoms with Gasteiger partial charge in [0.25, 0.3) is 5.91 Å². The Balaban J connectivity index is 1.16. The minimum absolute atomic E-state index is 0.0345. The number of hydrogen-bond acceptors (Lipinski definition) is 6. The zero-order chi connectivity index (χ0) is 25.6. The zero-order valence-corrected chi connectivity index (χ0v) is 21.2. The van der Waals surface area contributed by atoms with Crippen molar-refractivity contribution in [2.75, 3.05) is 13.1 Å². The molecule has 7 heteroatoms. The standard InChI is InChI=1S/C31H31N3O4/c35-24-8-7-20-14-25-31(37)10-9-22(16-33-29(36)23-13-19-3-1-2-4-21(19)15-32-23)28-30(31,26(20)27(24)38-28)11-12-34(25)17-18-5-6-18/h1-4,7-8,13,15-16,18,22,25,28,35,37H,5-6,9-12,14,17H2/t22?,25?,28-,30-,31+/m0/s1. The number of phenolic OH excluding ortho intramolecular Hbond substituents is 1. The van der Waals surface area contributed by atoms with E-state index in [4.69, 9.17) is 4.74 Å². The van der Waals surface area contributed by atoms with Gasteiger partial charge in [-0.05, 0) is 74.1 Å². The number of ether oxygens (including phenoxy) is 1. The predicted octanol–water partition coefficient (Wildman–Crippen LogP) is 4.03. The molecule has 3 fully saturated rings. The number of piperidine rings is 1. The van der Waals surface area contributed by atoms with Gasteiger partial charge in [-0.3, -0.25) is 14.7 Å². The van der Waals surface area contributed by atoms with E-state index in [-0.39, 0.29) is 29.7 Å². The summed E-state index contributed by atoms with van der Waals surface area (Å²) in [4.78, 5) is 24.3. The number of pyridine rings is 1. The first-order valence-corrected chi connectivity index (χ1v) is 13.9. The number of nitrogens with zero attached hydrogens (tertiary/aromatic N) is 3. The van der Waals surface area contributed by atoms with Gasteiger partial charge in [0.2, 0.25) is 0 Å². The van der Waals surface area contributed by atoms with Crippen molar-refractivity contribution in [2.45, 2.75) is 61.7 Å². The van der Waals surface area contributed by atoms with Crippen LogP contribution in [0.5, 0.6) is 11.5 Å². The second-order valence-electron chi connectivity index (χ2n) is 12.0. The fourth-order valence-electron chi connectivity index (χ4n) is 8.10. The van der Waals surface area contributed by atoms with Gasteiger partial charge in [0, 0.05) is 41.9 Å². The highest BCUT2D eigenvalue weighted by Gasteiger charge is 2.72. The quantitative estimate of drug-likeness (QED) is 0.516. The number of aromatic hydroxyl groups is 1. The minimum atomic E-state index is -0.939. The summed E-state index contributed by atoms with van der Waals surface area (Å²) >= 11 is 0. The molecule has 0 radical (unpaired) electrons. The Morgan fingerprint density at radius 3 is 2.84 bits per heavy atom. The van der Waals surface area contributed by atoms with Gasteiger partial charge < -0.3 is 14.9 Å². The first-order valence-electron chi connectivity index (χ1n) is 13.9. The number of carbonyl (C=O) groups excluding carboxylic acids is 1. The van der Waals surface area contributed by atoms with Crippen LogP contribution >= 0.6 is 0 Å². The molecule has 8 rings (SSSR count). The van der Waals surface area contributed by atoms with Crippen molar-refractivity contribution in [3.63, 3.8) is 0 Å². The Morgan fingerprint density at radius 1 is 1.16 bits per heavy atom. The molecule has 3 aromatic rings. The number of likely N-dealkylation sites (tertiary alicyclic amines) is 1. The van der Waals surface area contributed by atoms with Crippen LogP contribution in [-0.2, 0) is 11.8 Å². The van der Waals surface area contributed by atoms with Gasteiger partial charge in [-0.15, -0.1) is 0 Å². The summed E-state index contributed by atoms with van der Waals surface area (Å²) in [6.45, 7) is 1.95. The summed E-state index contributed by atoms with van der Waals surface area (Å²) in [5.74, 6) is 0.851. The molecule has 2 N–H and O–H groups in total. The number of aliphatic hydroxyl groups is 1. The molecule has 2 saturated carbocycles. The number of benzene rings is 2. The topological polar surface area (TPSA) is 95.2 Å². The van der Waals surface area contributed by atoms with Crippen molar-refractivity contribution in [3.05, 3.63) is 65.5 Å². The number of hydrogen-bond donors (Lipinski definition) is 2. The van der Waals surface area contributed by atoms with Gasteiger partial charge in [0.15, 0.2) is 11.5 Å². The van der Waals surface area contributed by atoms with E-state index in [9.17, 15) is 15.0 Å². The second kappa shape index (κ2) is 7.87. The molecular weight excluding hydrogens is 478 g/mol. The Hall–Kier alpha value is -3.29. The lowest BCUT2D eigenvalue weighted by molar-refractivity contribution is -0.191. The van der Waals surface area contributed by atoms with Crippen molar-refractivity contribution in [3.8, 4) is 11.5 Å². The molecule has 7 nitrogen and oxygen atoms in total. The van der Waals surface area contributed by atoms with Crippen LogP contribution in [0.25, 0.3) is 10.8 Å². The number of amides is 1. The lowest BCUT2D eigenvalue weighted by Crippen LogP contribution is -2.76. The smallest absolute Gasteiger partial charge is 0.295 e. The lowest BCUT2D eigenvalue weighted by atomic mass is 9.47. The van der Waals surface area contributed by atoms with E-state index in [1.165, 1.54) is 18.4 Å². The van der Waals surface area contributed by atoms with Gasteiger partial charge in [-0.2, -0.15) is 0 Å². The maximum atomic E-state index is 13.1. The molecule has 1 spiro atoms. The zero-order valence-electron chi connectivity index (χ0n) is 21.2. The van der Waals surface area contributed by atoms with E-state index in [0.29, 0.717) is 24.3 Å². The van der Waals surface area contributed by atoms with Crippen LogP contribution in [0.15, 0.2) is 53.7 Å². The average Bonchev–Trinajstić information content (AvgIpc) is 3.67. The van der Waals surface area contributed by atoms with E-state index in [2.05, 4.69) is 14.9 Å². The maximum Gasteiger partial charge on any atom is 0.295 e. The average molecular weight is 510 g/mol.